The second-order valence-corrected chi connectivity index (χ2v) is 2.15. The molecule has 62 valence electrons. The minimum atomic E-state index is -1.33. The maximum Gasteiger partial charge on any atom is 1.00 e. The van der Waals surface area contributed by atoms with E-state index in [-0.39, 0.29) is 42.1 Å². The quantitative estimate of drug-likeness (QED) is 0.438. The summed E-state index contributed by atoms with van der Waals surface area (Å²) in [7, 11) is 0. The molecule has 0 N–H and O–H groups in total. The summed E-state index contributed by atoms with van der Waals surface area (Å²) >= 11 is 0. The number of aromatic carboxylic acids is 2. The monoisotopic (exact) mass is 188 g/mol. The van der Waals surface area contributed by atoms with Crippen LogP contribution in [-0.4, -0.2) is 11.9 Å². The molecule has 5 heteroatoms. The number of carbonyl (C=O) groups excluding carboxylic acids is 2. The van der Waals surface area contributed by atoms with Gasteiger partial charge in [0.1, 0.15) is 0 Å². The van der Waals surface area contributed by atoms with Crippen molar-refractivity contribution in [2.24, 2.45) is 0 Å². The summed E-state index contributed by atoms with van der Waals surface area (Å²) in [5.41, 5.74) is -0.111. The first-order chi connectivity index (χ1) is 5.61. The smallest absolute Gasteiger partial charge is 0.545 e. The molecule has 0 bridgehead atoms. The van der Waals surface area contributed by atoms with Gasteiger partial charge in [0.05, 0.1) is 11.9 Å². The van der Waals surface area contributed by atoms with Gasteiger partial charge in [-0.15, -0.1) is 0 Å². The van der Waals surface area contributed by atoms with Crippen molar-refractivity contribution < 1.29 is 50.8 Å². The number of carbonyl (C=O) groups is 2. The Labute approximate surface area is 98.0 Å². The summed E-state index contributed by atoms with van der Waals surface area (Å²) < 4.78 is 0. The molecule has 0 radical (unpaired) electrons. The number of hydrogen-bond donors (Lipinski definition) is 0. The zero-order valence-corrected chi connectivity index (χ0v) is 8.94. The molecule has 0 atom stereocenters. The fraction of sp³-hybridized carbons (Fsp3) is 0. The van der Waals surface area contributed by atoms with E-state index in [0.29, 0.717) is 0 Å². The van der Waals surface area contributed by atoms with Crippen molar-refractivity contribution in [3.05, 3.63) is 35.4 Å². The van der Waals surface area contributed by atoms with Crippen molar-refractivity contribution in [1.29, 1.82) is 0 Å². The zero-order chi connectivity index (χ0) is 9.14. The Kier molecular flexibility index (Phi) is 4.69. The first-order valence-corrected chi connectivity index (χ1v) is 3.14. The Bertz CT molecular complexity index is 290. The van der Waals surface area contributed by atoms with E-state index < -0.39 is 11.9 Å². The van der Waals surface area contributed by atoms with Gasteiger partial charge in [0.15, 0.2) is 0 Å². The van der Waals surface area contributed by atoms with Gasteiger partial charge in [0.25, 0.3) is 0 Å². The van der Waals surface area contributed by atoms with Crippen LogP contribution in [0.15, 0.2) is 24.3 Å². The second-order valence-electron chi connectivity index (χ2n) is 2.15. The van der Waals surface area contributed by atoms with Gasteiger partial charge in [-0.05, 0) is 11.1 Å². The largest absolute Gasteiger partial charge is 1.00 e. The zero-order valence-electron chi connectivity index (χ0n) is 7.94. The molecule has 0 saturated heterocycles. The van der Waals surface area contributed by atoms with Crippen LogP contribution in [0.2, 0.25) is 0 Å². The van der Waals surface area contributed by atoms with E-state index in [4.69, 9.17) is 0 Å². The average Bonchev–Trinajstić information content (AvgIpc) is 2.04. The van der Waals surface area contributed by atoms with Gasteiger partial charge in [0, 0.05) is 0 Å². The summed E-state index contributed by atoms with van der Waals surface area (Å²) in [5.74, 6) is -2.67. The molecule has 4 nitrogen and oxygen atoms in total. The van der Waals surface area contributed by atoms with Gasteiger partial charge < -0.3 is 19.8 Å². The van der Waals surface area contributed by atoms with Crippen LogP contribution in [0.3, 0.4) is 0 Å². The van der Waals surface area contributed by atoms with Gasteiger partial charge >= 0.3 is 31.0 Å². The predicted molar refractivity (Wildman–Crippen MR) is 36.2 cm³/mol. The number of rotatable bonds is 2. The summed E-state index contributed by atoms with van der Waals surface area (Å²) in [5, 5.41) is 20.4. The maximum atomic E-state index is 10.2. The molecule has 1 aromatic rings. The number of hydrogen-bond acceptors (Lipinski definition) is 4. The van der Waals surface area contributed by atoms with Crippen molar-refractivity contribution >= 4 is 11.9 Å². The van der Waals surface area contributed by atoms with Gasteiger partial charge in [-0.3, -0.25) is 0 Å². The Morgan fingerprint density at radius 2 is 1.15 bits per heavy atom. The SMILES string of the molecule is O=C([O-])c1ccc(C(=O)[O-])cc1.[H+].[Na+]. The molecular weight excluding hydrogens is 183 g/mol. The summed E-state index contributed by atoms with van der Waals surface area (Å²) in [6.45, 7) is 0. The Morgan fingerprint density at radius 1 is 0.923 bits per heavy atom. The number of carboxylic acid groups (broad SMARTS) is 2. The van der Waals surface area contributed by atoms with Gasteiger partial charge in [-0.25, -0.2) is 0 Å². The van der Waals surface area contributed by atoms with E-state index in [0.717, 1.165) is 24.3 Å². The molecule has 0 aliphatic rings. The van der Waals surface area contributed by atoms with Crippen molar-refractivity contribution in [3.63, 3.8) is 0 Å². The minimum Gasteiger partial charge on any atom is -0.545 e. The molecule has 0 saturated carbocycles. The van der Waals surface area contributed by atoms with Crippen LogP contribution in [0.4, 0.5) is 0 Å². The van der Waals surface area contributed by atoms with E-state index in [1.165, 1.54) is 0 Å². The van der Waals surface area contributed by atoms with Crippen LogP contribution in [0.25, 0.3) is 0 Å². The average molecular weight is 188 g/mol. The molecule has 0 spiro atoms. The van der Waals surface area contributed by atoms with Crippen molar-refractivity contribution in [2.75, 3.05) is 0 Å². The summed E-state index contributed by atoms with van der Waals surface area (Å²) in [6, 6.07) is 4.61. The fourth-order valence-corrected chi connectivity index (χ4v) is 0.742. The second kappa shape index (κ2) is 5.01. The standard InChI is InChI=1S/C8H6O4.Na/c9-7(10)5-1-2-6(4-3-5)8(11)12;/h1-4H,(H,9,10)(H,11,12);/q;+1/p-1. The fourth-order valence-electron chi connectivity index (χ4n) is 0.742. The Balaban J connectivity index is 0. The van der Waals surface area contributed by atoms with Gasteiger partial charge in [-0.1, -0.05) is 24.3 Å². The van der Waals surface area contributed by atoms with Crippen LogP contribution < -0.4 is 39.8 Å². The van der Waals surface area contributed by atoms with E-state index in [9.17, 15) is 19.8 Å². The van der Waals surface area contributed by atoms with Gasteiger partial charge in [0.2, 0.25) is 0 Å². The third kappa shape index (κ3) is 3.18. The Morgan fingerprint density at radius 3 is 1.31 bits per heavy atom. The molecular formula is C8H5NaO4. The molecule has 0 aliphatic heterocycles. The molecule has 1 rings (SSSR count). The normalized spacial score (nSPS) is 8.62. The topological polar surface area (TPSA) is 80.3 Å². The first-order valence-electron chi connectivity index (χ1n) is 3.14. The van der Waals surface area contributed by atoms with Crippen molar-refractivity contribution in [1.82, 2.24) is 0 Å². The first kappa shape index (κ1) is 12.2. The van der Waals surface area contributed by atoms with E-state index in [1.54, 1.807) is 0 Å². The summed E-state index contributed by atoms with van der Waals surface area (Å²) in [4.78, 5) is 20.4. The van der Waals surface area contributed by atoms with Crippen LogP contribution in [0.1, 0.15) is 22.1 Å². The molecule has 0 fully saturated rings. The minimum absolute atomic E-state index is 0. The van der Waals surface area contributed by atoms with Crippen LogP contribution >= 0.6 is 0 Å². The van der Waals surface area contributed by atoms with Crippen molar-refractivity contribution in [2.45, 2.75) is 0 Å². The molecule has 0 amide bonds. The van der Waals surface area contributed by atoms with Crippen LogP contribution in [0, 0.1) is 0 Å². The molecule has 0 aliphatic carbocycles. The van der Waals surface area contributed by atoms with Gasteiger partial charge in [-0.2, -0.15) is 0 Å². The van der Waals surface area contributed by atoms with E-state index in [1.807, 2.05) is 0 Å². The molecule has 13 heavy (non-hydrogen) atoms. The molecule has 0 unspecified atom stereocenters. The molecule has 1 aromatic carbocycles. The number of carboxylic acids is 2. The van der Waals surface area contributed by atoms with Crippen LogP contribution in [0.5, 0.6) is 0 Å². The molecule has 0 heterocycles. The van der Waals surface area contributed by atoms with Crippen molar-refractivity contribution in [3.8, 4) is 0 Å². The predicted octanol–water partition coefficient (Wildman–Crippen LogP) is -4.47. The van der Waals surface area contributed by atoms with E-state index in [2.05, 4.69) is 0 Å². The van der Waals surface area contributed by atoms with E-state index >= 15 is 0 Å². The third-order valence-electron chi connectivity index (χ3n) is 1.36. The maximum absolute atomic E-state index is 10.2. The molecule has 0 aromatic heterocycles. The third-order valence-corrected chi connectivity index (χ3v) is 1.36. The van der Waals surface area contributed by atoms with Crippen LogP contribution in [-0.2, 0) is 0 Å². The Hall–Kier alpha value is -0.840. The summed E-state index contributed by atoms with van der Waals surface area (Å²) in [6.07, 6.45) is 0. The number of benzene rings is 1.